The maximum absolute atomic E-state index is 12.6. The number of H-pyrrole nitrogens is 1. The van der Waals surface area contributed by atoms with E-state index >= 15 is 0 Å². The molecule has 0 saturated carbocycles. The van der Waals surface area contributed by atoms with Crippen LogP contribution in [0.4, 0.5) is 14.5 Å². The van der Waals surface area contributed by atoms with Gasteiger partial charge in [0.2, 0.25) is 0 Å². The summed E-state index contributed by atoms with van der Waals surface area (Å²) in [5, 5.41) is 15.4. The first-order chi connectivity index (χ1) is 13.0. The average molecular weight is 377 g/mol. The summed E-state index contributed by atoms with van der Waals surface area (Å²) < 4.78 is 27.1. The number of hydrogen-bond donors (Lipinski definition) is 3. The minimum Gasteiger partial charge on any atom is -0.483 e. The lowest BCUT2D eigenvalue weighted by molar-refractivity contribution is -0.122. The maximum atomic E-state index is 12.6. The Labute approximate surface area is 152 Å². The van der Waals surface area contributed by atoms with E-state index in [9.17, 15) is 13.6 Å². The summed E-state index contributed by atoms with van der Waals surface area (Å²) >= 11 is 0. The average Bonchev–Trinajstić information content (AvgIpc) is 3.27. The Morgan fingerprint density at radius 2 is 2.11 bits per heavy atom. The summed E-state index contributed by atoms with van der Waals surface area (Å²) in [5.74, 6) is 0.304. The normalized spacial score (nSPS) is 10.2. The quantitative estimate of drug-likeness (QED) is 0.592. The molecule has 10 heteroatoms. The number of alkyl halides is 2. The summed E-state index contributed by atoms with van der Waals surface area (Å²) in [5.41, 5.74) is 0.996. The molecule has 0 bridgehead atoms. The third-order valence-corrected chi connectivity index (χ3v) is 3.60. The number of rotatable bonds is 5. The van der Waals surface area contributed by atoms with E-state index in [2.05, 4.69) is 20.5 Å². The van der Waals surface area contributed by atoms with Gasteiger partial charge in [0.25, 0.3) is 18.8 Å². The largest absolute Gasteiger partial charge is 0.483 e. The molecular formula is C17H17F2N5O3. The summed E-state index contributed by atoms with van der Waals surface area (Å²) in [7, 11) is 0. The topological polar surface area (TPSA) is 113 Å². The van der Waals surface area contributed by atoms with Crippen LogP contribution in [-0.2, 0) is 11.3 Å². The first kappa shape index (κ1) is 19.8. The van der Waals surface area contributed by atoms with E-state index in [1.165, 1.54) is 0 Å². The second-order valence-corrected chi connectivity index (χ2v) is 5.33. The number of hydrogen-bond acceptors (Lipinski definition) is 4. The van der Waals surface area contributed by atoms with Crippen molar-refractivity contribution in [2.75, 3.05) is 5.32 Å². The van der Waals surface area contributed by atoms with Gasteiger partial charge in [0.1, 0.15) is 11.5 Å². The standard InChI is InChI=1S/C16H15F2N5O.CH2O2/c1-10-19-6-7-23(10)9-11-4-2-3-5-12(11)20-16(24)14-8-13(15(17)18)21-22-14;2-1-3/h2-8,15H,9H2,1H3,(H,20,24)(H,21,22);1H,(H,2,3). The summed E-state index contributed by atoms with van der Waals surface area (Å²) in [6.45, 7) is 2.17. The monoisotopic (exact) mass is 377 g/mol. The van der Waals surface area contributed by atoms with Gasteiger partial charge in [-0.3, -0.25) is 14.7 Å². The molecule has 0 atom stereocenters. The first-order valence-corrected chi connectivity index (χ1v) is 7.74. The number of para-hydroxylation sites is 1. The minimum absolute atomic E-state index is 0.0843. The number of aromatic amines is 1. The third kappa shape index (κ3) is 5.21. The number of aromatic nitrogens is 4. The number of benzene rings is 1. The second kappa shape index (κ2) is 9.22. The highest BCUT2D eigenvalue weighted by Gasteiger charge is 2.16. The molecule has 1 aromatic carbocycles. The molecule has 0 unspecified atom stereocenters. The van der Waals surface area contributed by atoms with Crippen molar-refractivity contribution < 1.29 is 23.5 Å². The molecule has 0 aliphatic carbocycles. The van der Waals surface area contributed by atoms with Crippen LogP contribution in [0, 0.1) is 6.92 Å². The van der Waals surface area contributed by atoms with Crippen LogP contribution in [-0.4, -0.2) is 37.2 Å². The van der Waals surface area contributed by atoms with Gasteiger partial charge in [-0.2, -0.15) is 5.10 Å². The molecule has 3 aromatic rings. The Morgan fingerprint density at radius 1 is 1.41 bits per heavy atom. The molecule has 2 heterocycles. The van der Waals surface area contributed by atoms with Gasteiger partial charge in [-0.05, 0) is 24.6 Å². The van der Waals surface area contributed by atoms with Gasteiger partial charge >= 0.3 is 0 Å². The highest BCUT2D eigenvalue weighted by molar-refractivity contribution is 6.03. The fraction of sp³-hybridized carbons (Fsp3) is 0.176. The van der Waals surface area contributed by atoms with Crippen molar-refractivity contribution in [2.24, 2.45) is 0 Å². The van der Waals surface area contributed by atoms with E-state index in [0.29, 0.717) is 12.2 Å². The van der Waals surface area contributed by atoms with E-state index in [1.54, 1.807) is 18.3 Å². The number of amides is 1. The van der Waals surface area contributed by atoms with E-state index in [0.717, 1.165) is 17.5 Å². The van der Waals surface area contributed by atoms with Crippen LogP contribution >= 0.6 is 0 Å². The van der Waals surface area contributed by atoms with Gasteiger partial charge in [0.05, 0.1) is 6.54 Å². The fourth-order valence-electron chi connectivity index (χ4n) is 2.29. The molecule has 2 aromatic heterocycles. The molecular weight excluding hydrogens is 360 g/mol. The number of halogens is 2. The van der Waals surface area contributed by atoms with Gasteiger partial charge in [-0.25, -0.2) is 13.8 Å². The van der Waals surface area contributed by atoms with Crippen LogP contribution in [0.5, 0.6) is 0 Å². The molecule has 142 valence electrons. The van der Waals surface area contributed by atoms with Crippen LogP contribution in [0.3, 0.4) is 0 Å². The summed E-state index contributed by atoms with van der Waals surface area (Å²) in [6, 6.07) is 8.32. The van der Waals surface area contributed by atoms with Crippen LogP contribution in [0.15, 0.2) is 42.7 Å². The lowest BCUT2D eigenvalue weighted by Gasteiger charge is -2.11. The number of aryl methyl sites for hydroxylation is 1. The Balaban J connectivity index is 0.000000817. The zero-order valence-corrected chi connectivity index (χ0v) is 14.3. The number of carbonyl (C=O) groups is 2. The molecule has 3 rings (SSSR count). The Morgan fingerprint density at radius 3 is 2.70 bits per heavy atom. The SMILES string of the molecule is Cc1nccn1Cc1ccccc1NC(=O)c1cc(C(F)F)[nH]n1.O=CO. The highest BCUT2D eigenvalue weighted by atomic mass is 19.3. The molecule has 0 aliphatic rings. The predicted octanol–water partition coefficient (Wildman–Crippen LogP) is 2.85. The smallest absolute Gasteiger partial charge is 0.290 e. The molecule has 0 radical (unpaired) electrons. The third-order valence-electron chi connectivity index (χ3n) is 3.60. The van der Waals surface area contributed by atoms with Crippen molar-refractivity contribution in [3.63, 3.8) is 0 Å². The van der Waals surface area contributed by atoms with Crippen LogP contribution < -0.4 is 5.32 Å². The van der Waals surface area contributed by atoms with E-state index in [1.807, 2.05) is 29.8 Å². The Bertz CT molecular complexity index is 907. The van der Waals surface area contributed by atoms with Crippen molar-refractivity contribution >= 4 is 18.1 Å². The molecule has 0 aliphatic heterocycles. The molecule has 0 saturated heterocycles. The zero-order chi connectivity index (χ0) is 19.8. The summed E-state index contributed by atoms with van der Waals surface area (Å²) in [6.07, 6.45) is 0.846. The number of nitrogens with one attached hydrogen (secondary N) is 2. The van der Waals surface area contributed by atoms with Crippen LogP contribution in [0.2, 0.25) is 0 Å². The number of carbonyl (C=O) groups excluding carboxylic acids is 1. The van der Waals surface area contributed by atoms with Gasteiger partial charge in [-0.1, -0.05) is 18.2 Å². The highest BCUT2D eigenvalue weighted by Crippen LogP contribution is 2.20. The van der Waals surface area contributed by atoms with Crippen molar-refractivity contribution in [2.45, 2.75) is 19.9 Å². The predicted molar refractivity (Wildman–Crippen MR) is 92.7 cm³/mol. The van der Waals surface area contributed by atoms with Gasteiger partial charge in [-0.15, -0.1) is 0 Å². The molecule has 0 fully saturated rings. The number of anilines is 1. The summed E-state index contributed by atoms with van der Waals surface area (Å²) in [4.78, 5) is 24.7. The Kier molecular flexibility index (Phi) is 6.75. The lowest BCUT2D eigenvalue weighted by Crippen LogP contribution is -2.14. The lowest BCUT2D eigenvalue weighted by atomic mass is 10.1. The molecule has 3 N–H and O–H groups in total. The molecule has 27 heavy (non-hydrogen) atoms. The van der Waals surface area contributed by atoms with Gasteiger partial charge < -0.3 is 15.0 Å². The van der Waals surface area contributed by atoms with E-state index in [-0.39, 0.29) is 17.9 Å². The van der Waals surface area contributed by atoms with Crippen LogP contribution in [0.1, 0.15) is 34.0 Å². The fourth-order valence-corrected chi connectivity index (χ4v) is 2.29. The van der Waals surface area contributed by atoms with Gasteiger partial charge in [0, 0.05) is 18.1 Å². The number of carboxylic acid groups (broad SMARTS) is 1. The van der Waals surface area contributed by atoms with Crippen LogP contribution in [0.25, 0.3) is 0 Å². The van der Waals surface area contributed by atoms with Crippen molar-refractivity contribution in [3.8, 4) is 0 Å². The molecule has 8 nitrogen and oxygen atoms in total. The molecule has 1 amide bonds. The van der Waals surface area contributed by atoms with Crippen molar-refractivity contribution in [3.05, 3.63) is 65.5 Å². The number of imidazole rings is 1. The van der Waals surface area contributed by atoms with E-state index in [4.69, 9.17) is 9.90 Å². The van der Waals surface area contributed by atoms with Crippen molar-refractivity contribution in [1.82, 2.24) is 19.7 Å². The van der Waals surface area contributed by atoms with Gasteiger partial charge in [0.15, 0.2) is 5.69 Å². The minimum atomic E-state index is -2.70. The molecule has 0 spiro atoms. The van der Waals surface area contributed by atoms with E-state index < -0.39 is 12.3 Å². The second-order valence-electron chi connectivity index (χ2n) is 5.33. The maximum Gasteiger partial charge on any atom is 0.290 e. The Hall–Kier alpha value is -3.56. The first-order valence-electron chi connectivity index (χ1n) is 7.74. The zero-order valence-electron chi connectivity index (χ0n) is 14.3. The number of nitrogens with zero attached hydrogens (tertiary/aromatic N) is 3. The van der Waals surface area contributed by atoms with Crippen molar-refractivity contribution in [1.29, 1.82) is 0 Å².